The molecule has 4 heterocycles. The van der Waals surface area contributed by atoms with E-state index in [0.29, 0.717) is 6.61 Å². The molecule has 1 aromatic carbocycles. The summed E-state index contributed by atoms with van der Waals surface area (Å²) in [6, 6.07) is 6.44. The number of nitrogens with one attached hydrogen (secondary N) is 1. The molecule has 2 aromatic rings. The van der Waals surface area contributed by atoms with Gasteiger partial charge >= 0.3 is 0 Å². The van der Waals surface area contributed by atoms with Crippen LogP contribution in [-0.2, 0) is 6.42 Å². The number of rotatable bonds is 6. The topological polar surface area (TPSA) is 60.9 Å². The molecule has 1 N–H and O–H groups in total. The second-order valence-electron chi connectivity index (χ2n) is 9.76. The molecule has 172 valence electrons. The van der Waals surface area contributed by atoms with Crippen molar-refractivity contribution >= 4 is 33.8 Å². The summed E-state index contributed by atoms with van der Waals surface area (Å²) in [7, 11) is 2.15. The number of nitrogens with zero attached hydrogens (tertiary/aromatic N) is 4. The second kappa shape index (κ2) is 8.56. The zero-order valence-corrected chi connectivity index (χ0v) is 20.1. The summed E-state index contributed by atoms with van der Waals surface area (Å²) in [6.45, 7) is 10.1. The number of amides is 1. The van der Waals surface area contributed by atoms with E-state index in [1.807, 2.05) is 13.8 Å². The third-order valence-corrected chi connectivity index (χ3v) is 7.72. The molecule has 7 nitrogen and oxygen atoms in total. The molecular formula is C24H33N5O2S. The van der Waals surface area contributed by atoms with Gasteiger partial charge in [0.15, 0.2) is 5.13 Å². The van der Waals surface area contributed by atoms with Crippen molar-refractivity contribution in [1.29, 1.82) is 0 Å². The van der Waals surface area contributed by atoms with Gasteiger partial charge in [-0.25, -0.2) is 4.98 Å². The Bertz CT molecular complexity index is 998. The Morgan fingerprint density at radius 3 is 2.88 bits per heavy atom. The highest BCUT2D eigenvalue weighted by molar-refractivity contribution is 7.17. The van der Waals surface area contributed by atoms with Gasteiger partial charge in [0.2, 0.25) is 0 Å². The molecule has 1 fully saturated rings. The Kier molecular flexibility index (Phi) is 5.75. The van der Waals surface area contributed by atoms with Gasteiger partial charge in [-0.1, -0.05) is 11.3 Å². The van der Waals surface area contributed by atoms with E-state index in [9.17, 15) is 4.79 Å². The Morgan fingerprint density at radius 2 is 2.06 bits per heavy atom. The second-order valence-corrected chi connectivity index (χ2v) is 10.7. The van der Waals surface area contributed by atoms with Gasteiger partial charge in [-0.3, -0.25) is 4.79 Å². The van der Waals surface area contributed by atoms with Crippen molar-refractivity contribution in [3.05, 3.63) is 28.8 Å². The van der Waals surface area contributed by atoms with E-state index in [4.69, 9.17) is 9.72 Å². The predicted molar refractivity (Wildman–Crippen MR) is 130 cm³/mol. The number of fused-ring (bicyclic) bond motifs is 2. The van der Waals surface area contributed by atoms with Crippen LogP contribution >= 0.6 is 11.3 Å². The number of hydrogen-bond acceptors (Lipinski definition) is 7. The van der Waals surface area contributed by atoms with Crippen LogP contribution in [0.3, 0.4) is 0 Å². The number of aromatic nitrogens is 1. The van der Waals surface area contributed by atoms with E-state index in [2.05, 4.69) is 45.3 Å². The summed E-state index contributed by atoms with van der Waals surface area (Å²) in [5.41, 5.74) is 2.84. The standard InChI is InChI=1S/C24H33N5O2S/c1-24(2)16-18-21(22(30)26-24)32-23(25-18)29-13-14-31-20-15-17(7-8-19(20)29)27(3)9-6-12-28-10-4-5-11-28/h7-8,15H,4-6,9-14,16H2,1-3H3,(H,26,30). The molecule has 1 amide bonds. The average Bonchev–Trinajstić information content (AvgIpc) is 3.42. The fraction of sp³-hybridized carbons (Fsp3) is 0.583. The maximum atomic E-state index is 12.5. The van der Waals surface area contributed by atoms with Crippen LogP contribution < -0.4 is 19.9 Å². The Hall–Kier alpha value is -2.32. The molecule has 32 heavy (non-hydrogen) atoms. The van der Waals surface area contributed by atoms with Crippen molar-refractivity contribution in [2.75, 3.05) is 56.2 Å². The van der Waals surface area contributed by atoms with E-state index in [1.165, 1.54) is 55.9 Å². The number of carbonyl (C=O) groups is 1. The minimum atomic E-state index is -0.257. The molecule has 0 saturated carbocycles. The lowest BCUT2D eigenvalue weighted by atomic mass is 9.94. The Balaban J connectivity index is 1.31. The van der Waals surface area contributed by atoms with Crippen LogP contribution in [0.5, 0.6) is 5.75 Å². The Morgan fingerprint density at radius 1 is 1.25 bits per heavy atom. The SMILES string of the molecule is CN(CCCN1CCCC1)c1ccc2c(c1)OCCN2c1nc2c(s1)C(=O)NC(C)(C)C2. The molecule has 0 radical (unpaired) electrons. The first-order valence-corrected chi connectivity index (χ1v) is 12.5. The minimum Gasteiger partial charge on any atom is -0.489 e. The maximum absolute atomic E-state index is 12.5. The first-order chi connectivity index (χ1) is 15.4. The Labute approximate surface area is 194 Å². The third kappa shape index (κ3) is 4.30. The molecule has 1 aromatic heterocycles. The van der Waals surface area contributed by atoms with E-state index in [-0.39, 0.29) is 11.4 Å². The largest absolute Gasteiger partial charge is 0.489 e. The average molecular weight is 456 g/mol. The van der Waals surface area contributed by atoms with Gasteiger partial charge in [-0.05, 0) is 64.9 Å². The zero-order valence-electron chi connectivity index (χ0n) is 19.3. The summed E-state index contributed by atoms with van der Waals surface area (Å²) in [5, 5.41) is 3.96. The van der Waals surface area contributed by atoms with Crippen LogP contribution in [0.1, 0.15) is 48.5 Å². The van der Waals surface area contributed by atoms with Crippen molar-refractivity contribution < 1.29 is 9.53 Å². The normalized spacial score (nSPS) is 19.8. The maximum Gasteiger partial charge on any atom is 0.263 e. The van der Waals surface area contributed by atoms with Crippen molar-refractivity contribution in [1.82, 2.24) is 15.2 Å². The number of likely N-dealkylation sites (tertiary alicyclic amines) is 1. The molecule has 3 aliphatic rings. The van der Waals surface area contributed by atoms with Gasteiger partial charge in [-0.15, -0.1) is 0 Å². The summed E-state index contributed by atoms with van der Waals surface area (Å²) < 4.78 is 6.03. The first-order valence-electron chi connectivity index (χ1n) is 11.7. The van der Waals surface area contributed by atoms with Gasteiger partial charge in [0.25, 0.3) is 5.91 Å². The number of ether oxygens (including phenoxy) is 1. The molecule has 0 spiro atoms. The quantitative estimate of drug-likeness (QED) is 0.717. The van der Waals surface area contributed by atoms with Gasteiger partial charge in [0.05, 0.1) is 17.9 Å². The van der Waals surface area contributed by atoms with Gasteiger partial charge in [-0.2, -0.15) is 0 Å². The lowest BCUT2D eigenvalue weighted by molar-refractivity contribution is 0.0901. The fourth-order valence-electron chi connectivity index (χ4n) is 4.89. The highest BCUT2D eigenvalue weighted by atomic mass is 32.1. The van der Waals surface area contributed by atoms with Gasteiger partial charge < -0.3 is 24.8 Å². The van der Waals surface area contributed by atoms with Gasteiger partial charge in [0.1, 0.15) is 17.2 Å². The number of benzene rings is 1. The molecule has 3 aliphatic heterocycles. The predicted octanol–water partition coefficient (Wildman–Crippen LogP) is 3.66. The van der Waals surface area contributed by atoms with Crippen LogP contribution in [0, 0.1) is 0 Å². The van der Waals surface area contributed by atoms with Crippen molar-refractivity contribution in [3.8, 4) is 5.75 Å². The molecule has 1 saturated heterocycles. The van der Waals surface area contributed by atoms with Crippen LogP contribution in [0.15, 0.2) is 18.2 Å². The van der Waals surface area contributed by atoms with E-state index in [0.717, 1.165) is 46.6 Å². The highest BCUT2D eigenvalue weighted by Gasteiger charge is 2.34. The van der Waals surface area contributed by atoms with Gasteiger partial charge in [0, 0.05) is 37.3 Å². The first kappa shape index (κ1) is 21.5. The smallest absolute Gasteiger partial charge is 0.263 e. The van der Waals surface area contributed by atoms with Crippen LogP contribution in [-0.4, -0.2) is 67.7 Å². The molecule has 5 rings (SSSR count). The number of anilines is 3. The zero-order chi connectivity index (χ0) is 22.3. The summed E-state index contributed by atoms with van der Waals surface area (Å²) >= 11 is 1.48. The van der Waals surface area contributed by atoms with E-state index in [1.54, 1.807) is 0 Å². The highest BCUT2D eigenvalue weighted by Crippen LogP contribution is 2.42. The molecule has 0 aliphatic carbocycles. The van der Waals surface area contributed by atoms with E-state index >= 15 is 0 Å². The molecule has 0 atom stereocenters. The third-order valence-electron chi connectivity index (χ3n) is 6.60. The molecule has 8 heteroatoms. The van der Waals surface area contributed by atoms with Crippen LogP contribution in [0.4, 0.5) is 16.5 Å². The summed E-state index contributed by atoms with van der Waals surface area (Å²) in [4.78, 5) is 25.2. The monoisotopic (exact) mass is 455 g/mol. The fourth-order valence-corrected chi connectivity index (χ4v) is 5.91. The number of carbonyl (C=O) groups excluding carboxylic acids is 1. The lowest BCUT2D eigenvalue weighted by Crippen LogP contribution is -2.48. The lowest BCUT2D eigenvalue weighted by Gasteiger charge is -2.30. The van der Waals surface area contributed by atoms with Crippen molar-refractivity contribution in [2.24, 2.45) is 0 Å². The molecule has 0 bridgehead atoms. The molecular weight excluding hydrogens is 422 g/mol. The van der Waals surface area contributed by atoms with E-state index < -0.39 is 0 Å². The summed E-state index contributed by atoms with van der Waals surface area (Å²) in [5.74, 6) is 0.873. The van der Waals surface area contributed by atoms with Crippen LogP contribution in [0.25, 0.3) is 0 Å². The number of hydrogen-bond donors (Lipinski definition) is 1. The van der Waals surface area contributed by atoms with Crippen molar-refractivity contribution in [3.63, 3.8) is 0 Å². The minimum absolute atomic E-state index is 0.0145. The molecule has 0 unspecified atom stereocenters. The van der Waals surface area contributed by atoms with Crippen LogP contribution in [0.2, 0.25) is 0 Å². The summed E-state index contributed by atoms with van der Waals surface area (Å²) in [6.07, 6.45) is 4.62. The number of thiazole rings is 1. The van der Waals surface area contributed by atoms with Crippen molar-refractivity contribution in [2.45, 2.75) is 45.1 Å².